The summed E-state index contributed by atoms with van der Waals surface area (Å²) in [6.07, 6.45) is 0.554. The predicted octanol–water partition coefficient (Wildman–Crippen LogP) is 0.495. The number of nitrogens with two attached hydrogens (primary N) is 1. The van der Waals surface area contributed by atoms with Gasteiger partial charge in [-0.15, -0.1) is 11.3 Å². The van der Waals surface area contributed by atoms with Crippen LogP contribution in [0.25, 0.3) is 0 Å². The molecule has 0 bridgehead atoms. The average Bonchev–Trinajstić information content (AvgIpc) is 2.99. The van der Waals surface area contributed by atoms with E-state index in [9.17, 15) is 9.59 Å². The predicted molar refractivity (Wildman–Crippen MR) is 92.6 cm³/mol. The van der Waals surface area contributed by atoms with Crippen molar-refractivity contribution >= 4 is 29.0 Å². The van der Waals surface area contributed by atoms with Crippen LogP contribution in [0.15, 0.2) is 11.4 Å². The number of amidine groups is 1. The minimum absolute atomic E-state index is 0.0140. The number of likely N-dealkylation sites (N-methyl/N-ethyl adjacent to an activating group) is 2. The molecule has 1 aromatic rings. The summed E-state index contributed by atoms with van der Waals surface area (Å²) in [6.45, 7) is 4.82. The molecule has 0 spiro atoms. The van der Waals surface area contributed by atoms with Gasteiger partial charge < -0.3 is 21.3 Å². The van der Waals surface area contributed by atoms with E-state index in [0.29, 0.717) is 25.1 Å². The summed E-state index contributed by atoms with van der Waals surface area (Å²) < 4.78 is 0. The van der Waals surface area contributed by atoms with Gasteiger partial charge in [0.25, 0.3) is 0 Å². The van der Waals surface area contributed by atoms with Crippen LogP contribution < -0.4 is 16.4 Å². The molecule has 0 saturated carbocycles. The summed E-state index contributed by atoms with van der Waals surface area (Å²) in [5.41, 5.74) is 6.08. The highest BCUT2D eigenvalue weighted by molar-refractivity contribution is 7.10. The molecule has 8 heteroatoms. The van der Waals surface area contributed by atoms with Crippen molar-refractivity contribution in [3.63, 3.8) is 0 Å². The quantitative estimate of drug-likeness (QED) is 0.388. The SMILES string of the molecule is CCC(C(=O)NCc1cc(C(=N)N)cs1)N(CC)C(=O)CNC. The monoisotopic (exact) mass is 339 g/mol. The molecule has 0 radical (unpaired) electrons. The fraction of sp³-hybridized carbons (Fsp3) is 0.533. The third-order valence-corrected chi connectivity index (χ3v) is 4.39. The van der Waals surface area contributed by atoms with Gasteiger partial charge in [0.2, 0.25) is 11.8 Å². The van der Waals surface area contributed by atoms with Crippen molar-refractivity contribution in [2.24, 2.45) is 5.73 Å². The van der Waals surface area contributed by atoms with E-state index in [-0.39, 0.29) is 24.2 Å². The zero-order valence-electron chi connectivity index (χ0n) is 13.8. The van der Waals surface area contributed by atoms with Gasteiger partial charge in [-0.25, -0.2) is 0 Å². The van der Waals surface area contributed by atoms with Crippen LogP contribution in [0.1, 0.15) is 30.7 Å². The third kappa shape index (κ3) is 5.33. The lowest BCUT2D eigenvalue weighted by Gasteiger charge is -2.29. The van der Waals surface area contributed by atoms with Crippen LogP contribution in [-0.2, 0) is 16.1 Å². The van der Waals surface area contributed by atoms with E-state index in [1.807, 2.05) is 13.8 Å². The van der Waals surface area contributed by atoms with Crippen LogP contribution in [0.4, 0.5) is 0 Å². The Kier molecular flexibility index (Phi) is 7.70. The number of thiophene rings is 1. The molecule has 0 saturated heterocycles. The summed E-state index contributed by atoms with van der Waals surface area (Å²) in [5.74, 6) is -0.247. The first-order valence-electron chi connectivity index (χ1n) is 7.58. The van der Waals surface area contributed by atoms with E-state index in [1.54, 1.807) is 23.4 Å². The summed E-state index contributed by atoms with van der Waals surface area (Å²) in [7, 11) is 1.70. The van der Waals surface area contributed by atoms with E-state index in [1.165, 1.54) is 11.3 Å². The smallest absolute Gasteiger partial charge is 0.243 e. The molecule has 7 nitrogen and oxygen atoms in total. The number of nitrogen functional groups attached to an aromatic ring is 1. The number of carbonyl (C=O) groups excluding carboxylic acids is 2. The first-order chi connectivity index (χ1) is 10.9. The second-order valence-corrected chi connectivity index (χ2v) is 6.06. The molecule has 5 N–H and O–H groups in total. The van der Waals surface area contributed by atoms with Gasteiger partial charge in [0.15, 0.2) is 0 Å². The molecule has 23 heavy (non-hydrogen) atoms. The van der Waals surface area contributed by atoms with Crippen molar-refractivity contribution in [2.75, 3.05) is 20.1 Å². The molecular formula is C15H25N5O2S. The summed E-state index contributed by atoms with van der Waals surface area (Å²) >= 11 is 1.44. The number of amides is 2. The highest BCUT2D eigenvalue weighted by Gasteiger charge is 2.26. The zero-order valence-corrected chi connectivity index (χ0v) is 14.6. The second-order valence-electron chi connectivity index (χ2n) is 5.07. The molecule has 1 heterocycles. The largest absolute Gasteiger partial charge is 0.384 e. The Balaban J connectivity index is 2.68. The van der Waals surface area contributed by atoms with E-state index >= 15 is 0 Å². The third-order valence-electron chi connectivity index (χ3n) is 3.46. The molecular weight excluding hydrogens is 314 g/mol. The maximum absolute atomic E-state index is 12.4. The van der Waals surface area contributed by atoms with Crippen molar-refractivity contribution in [3.8, 4) is 0 Å². The van der Waals surface area contributed by atoms with Gasteiger partial charge in [0.1, 0.15) is 11.9 Å². The van der Waals surface area contributed by atoms with Gasteiger partial charge in [-0.1, -0.05) is 6.92 Å². The zero-order chi connectivity index (χ0) is 17.4. The molecule has 0 aliphatic heterocycles. The minimum Gasteiger partial charge on any atom is -0.384 e. The van der Waals surface area contributed by atoms with Crippen LogP contribution in [-0.4, -0.2) is 48.7 Å². The lowest BCUT2D eigenvalue weighted by Crippen LogP contribution is -2.51. The van der Waals surface area contributed by atoms with Crippen LogP contribution >= 0.6 is 11.3 Å². The van der Waals surface area contributed by atoms with Crippen LogP contribution in [0.3, 0.4) is 0 Å². The van der Waals surface area contributed by atoms with Gasteiger partial charge in [-0.05, 0) is 26.5 Å². The minimum atomic E-state index is -0.479. The molecule has 2 amide bonds. The van der Waals surface area contributed by atoms with Gasteiger partial charge in [0, 0.05) is 22.4 Å². The van der Waals surface area contributed by atoms with Crippen molar-refractivity contribution < 1.29 is 9.59 Å². The van der Waals surface area contributed by atoms with Crippen molar-refractivity contribution in [2.45, 2.75) is 32.9 Å². The molecule has 128 valence electrons. The topological polar surface area (TPSA) is 111 Å². The fourth-order valence-electron chi connectivity index (χ4n) is 2.28. The molecule has 0 aliphatic carbocycles. The van der Waals surface area contributed by atoms with Crippen LogP contribution in [0.2, 0.25) is 0 Å². The van der Waals surface area contributed by atoms with Gasteiger partial charge in [0.05, 0.1) is 13.1 Å². The Hall–Kier alpha value is -1.93. The molecule has 0 aliphatic rings. The first kappa shape index (κ1) is 19.1. The highest BCUT2D eigenvalue weighted by atomic mass is 32.1. The van der Waals surface area contributed by atoms with Crippen LogP contribution in [0, 0.1) is 5.41 Å². The lowest BCUT2D eigenvalue weighted by molar-refractivity contribution is -0.139. The Morgan fingerprint density at radius 1 is 1.43 bits per heavy atom. The van der Waals surface area contributed by atoms with Gasteiger partial charge >= 0.3 is 0 Å². The summed E-state index contributed by atoms with van der Waals surface area (Å²) in [5, 5.41) is 14.8. The van der Waals surface area contributed by atoms with Crippen molar-refractivity contribution in [1.29, 1.82) is 5.41 Å². The van der Waals surface area contributed by atoms with E-state index in [2.05, 4.69) is 10.6 Å². The van der Waals surface area contributed by atoms with E-state index in [0.717, 1.165) is 4.88 Å². The van der Waals surface area contributed by atoms with Gasteiger partial charge in [-0.2, -0.15) is 0 Å². The van der Waals surface area contributed by atoms with Crippen molar-refractivity contribution in [3.05, 3.63) is 21.9 Å². The normalized spacial score (nSPS) is 11.8. The number of rotatable bonds is 9. The Morgan fingerprint density at radius 3 is 2.61 bits per heavy atom. The van der Waals surface area contributed by atoms with Gasteiger partial charge in [-0.3, -0.25) is 15.0 Å². The number of hydrogen-bond acceptors (Lipinski definition) is 5. The summed E-state index contributed by atoms with van der Waals surface area (Å²) in [4.78, 5) is 27.0. The molecule has 0 fully saturated rings. The second kappa shape index (κ2) is 9.26. The van der Waals surface area contributed by atoms with Crippen LogP contribution in [0.5, 0.6) is 0 Å². The summed E-state index contributed by atoms with van der Waals surface area (Å²) in [6, 6.07) is 1.31. The fourth-order valence-corrected chi connectivity index (χ4v) is 3.10. The Bertz CT molecular complexity index is 558. The molecule has 1 aromatic heterocycles. The first-order valence-corrected chi connectivity index (χ1v) is 8.46. The number of hydrogen-bond donors (Lipinski definition) is 4. The Labute approximate surface area is 140 Å². The lowest BCUT2D eigenvalue weighted by atomic mass is 10.1. The molecule has 1 atom stereocenters. The molecule has 1 rings (SSSR count). The number of nitrogens with one attached hydrogen (secondary N) is 3. The molecule has 1 unspecified atom stereocenters. The standard InChI is InChI=1S/C15H25N5O2S/c1-4-12(20(5-2)13(21)8-18-3)15(22)19-7-11-6-10(9-23-11)14(16)17/h6,9,12,18H,4-5,7-8H2,1-3H3,(H3,16,17)(H,19,22). The number of nitrogens with zero attached hydrogens (tertiary/aromatic N) is 1. The maximum Gasteiger partial charge on any atom is 0.243 e. The Morgan fingerprint density at radius 2 is 2.13 bits per heavy atom. The highest BCUT2D eigenvalue weighted by Crippen LogP contribution is 2.14. The van der Waals surface area contributed by atoms with Crippen molar-refractivity contribution in [1.82, 2.24) is 15.5 Å². The maximum atomic E-state index is 12.4. The number of carbonyl (C=O) groups is 2. The van der Waals surface area contributed by atoms with E-state index in [4.69, 9.17) is 11.1 Å². The average molecular weight is 339 g/mol. The van der Waals surface area contributed by atoms with E-state index < -0.39 is 6.04 Å². The molecule has 0 aromatic carbocycles.